The fourth-order valence-corrected chi connectivity index (χ4v) is 2.50. The van der Waals surface area contributed by atoms with Gasteiger partial charge < -0.3 is 5.32 Å². The predicted molar refractivity (Wildman–Crippen MR) is 76.9 cm³/mol. The summed E-state index contributed by atoms with van der Waals surface area (Å²) in [5.74, 6) is -0.0593. The molecule has 1 amide bonds. The van der Waals surface area contributed by atoms with E-state index in [1.54, 1.807) is 0 Å². The summed E-state index contributed by atoms with van der Waals surface area (Å²) in [4.78, 5) is 22.4. The van der Waals surface area contributed by atoms with E-state index in [0.717, 1.165) is 19.3 Å². The zero-order valence-corrected chi connectivity index (χ0v) is 11.6. The Kier molecular flexibility index (Phi) is 4.74. The van der Waals surface area contributed by atoms with Gasteiger partial charge in [0.25, 0.3) is 5.91 Å². The highest BCUT2D eigenvalue weighted by Crippen LogP contribution is 2.28. The lowest BCUT2D eigenvalue weighted by Crippen LogP contribution is -2.30. The monoisotopic (exact) mass is 294 g/mol. The number of carbonyl (C=O) groups is 1. The quantitative estimate of drug-likeness (QED) is 0.526. The topological polar surface area (TPSA) is 72.2 Å². The molecule has 106 valence electrons. The fraction of sp³-hybridized carbons (Fsp3) is 0.357. The standard InChI is InChI=1S/C14H15ClN2O3/c15-12-8-4-7-11(13(12)17(19)20)14(18)16-9-10-5-2-1-3-6-10/h1-2,4,7-8,10H,3,5-6,9H2,(H,16,18). The molecule has 1 aromatic carbocycles. The number of nitrogens with zero attached hydrogens (tertiary/aromatic N) is 1. The molecule has 0 fully saturated rings. The van der Waals surface area contributed by atoms with Crippen molar-refractivity contribution in [3.63, 3.8) is 0 Å². The lowest BCUT2D eigenvalue weighted by Gasteiger charge is -2.18. The van der Waals surface area contributed by atoms with Gasteiger partial charge in [-0.15, -0.1) is 0 Å². The van der Waals surface area contributed by atoms with E-state index in [0.29, 0.717) is 12.5 Å². The number of nitro groups is 1. The second-order valence-electron chi connectivity index (χ2n) is 4.75. The van der Waals surface area contributed by atoms with Crippen molar-refractivity contribution in [1.29, 1.82) is 0 Å². The predicted octanol–water partition coefficient (Wildman–Crippen LogP) is 3.33. The van der Waals surface area contributed by atoms with Crippen LogP contribution in [0.5, 0.6) is 0 Å². The largest absolute Gasteiger partial charge is 0.352 e. The molecule has 0 spiro atoms. The van der Waals surface area contributed by atoms with Crippen LogP contribution in [-0.2, 0) is 0 Å². The Bertz CT molecular complexity index is 557. The maximum absolute atomic E-state index is 12.1. The van der Waals surface area contributed by atoms with Gasteiger partial charge >= 0.3 is 5.69 Å². The molecule has 6 heteroatoms. The van der Waals surface area contributed by atoms with E-state index in [1.165, 1.54) is 18.2 Å². The molecule has 0 aliphatic heterocycles. The first-order valence-electron chi connectivity index (χ1n) is 6.45. The van der Waals surface area contributed by atoms with E-state index in [1.807, 2.05) is 0 Å². The summed E-state index contributed by atoms with van der Waals surface area (Å²) < 4.78 is 0. The van der Waals surface area contributed by atoms with Gasteiger partial charge in [-0.25, -0.2) is 0 Å². The van der Waals surface area contributed by atoms with Gasteiger partial charge in [0.15, 0.2) is 0 Å². The van der Waals surface area contributed by atoms with Gasteiger partial charge in [-0.2, -0.15) is 0 Å². The highest BCUT2D eigenvalue weighted by atomic mass is 35.5. The molecule has 1 atom stereocenters. The summed E-state index contributed by atoms with van der Waals surface area (Å²) in [6, 6.07) is 4.36. The van der Waals surface area contributed by atoms with Crippen LogP contribution in [-0.4, -0.2) is 17.4 Å². The lowest BCUT2D eigenvalue weighted by atomic mass is 9.94. The molecule has 5 nitrogen and oxygen atoms in total. The first kappa shape index (κ1) is 14.5. The smallest absolute Gasteiger partial charge is 0.300 e. The lowest BCUT2D eigenvalue weighted by molar-refractivity contribution is -0.385. The van der Waals surface area contributed by atoms with Crippen LogP contribution in [0.15, 0.2) is 30.4 Å². The number of benzene rings is 1. The molecule has 0 radical (unpaired) electrons. The van der Waals surface area contributed by atoms with E-state index in [4.69, 9.17) is 11.6 Å². The molecule has 0 heterocycles. The van der Waals surface area contributed by atoms with Crippen LogP contribution in [0.1, 0.15) is 29.6 Å². The molecule has 1 aliphatic carbocycles. The maximum atomic E-state index is 12.1. The Balaban J connectivity index is 2.07. The van der Waals surface area contributed by atoms with E-state index >= 15 is 0 Å². The molecule has 0 bridgehead atoms. The third-order valence-electron chi connectivity index (χ3n) is 3.34. The van der Waals surface area contributed by atoms with Crippen LogP contribution in [0.2, 0.25) is 5.02 Å². The van der Waals surface area contributed by atoms with E-state index in [9.17, 15) is 14.9 Å². The normalized spacial score (nSPS) is 17.8. The third kappa shape index (κ3) is 3.36. The molecule has 2 rings (SSSR count). The first-order valence-corrected chi connectivity index (χ1v) is 6.83. The zero-order valence-electron chi connectivity index (χ0n) is 10.8. The van der Waals surface area contributed by atoms with Crippen LogP contribution in [0.3, 0.4) is 0 Å². The summed E-state index contributed by atoms with van der Waals surface area (Å²) in [5.41, 5.74) is -0.330. The Morgan fingerprint density at radius 2 is 2.25 bits per heavy atom. The number of rotatable bonds is 4. The van der Waals surface area contributed by atoms with Crippen molar-refractivity contribution < 1.29 is 9.72 Å². The molecule has 0 aromatic heterocycles. The summed E-state index contributed by atoms with van der Waals surface area (Å²) in [6.07, 6.45) is 7.19. The Morgan fingerprint density at radius 3 is 2.90 bits per heavy atom. The van der Waals surface area contributed by atoms with Gasteiger partial charge in [-0.3, -0.25) is 14.9 Å². The molecular weight excluding hydrogens is 280 g/mol. The summed E-state index contributed by atoms with van der Waals surface area (Å²) in [7, 11) is 0. The van der Waals surface area contributed by atoms with Crippen molar-refractivity contribution >= 4 is 23.2 Å². The summed E-state index contributed by atoms with van der Waals surface area (Å²) in [6.45, 7) is 0.521. The second-order valence-corrected chi connectivity index (χ2v) is 5.16. The number of hydrogen-bond donors (Lipinski definition) is 1. The maximum Gasteiger partial charge on any atom is 0.300 e. The molecule has 1 aromatic rings. The number of para-hydroxylation sites is 1. The van der Waals surface area contributed by atoms with Crippen LogP contribution < -0.4 is 5.32 Å². The Labute approximate surface area is 121 Å². The SMILES string of the molecule is O=C(NCC1CC=CCC1)c1cccc(Cl)c1[N+](=O)[O-]. The summed E-state index contributed by atoms with van der Waals surface area (Å²) in [5, 5.41) is 13.7. The average Bonchev–Trinajstić information content (AvgIpc) is 2.45. The molecule has 0 saturated carbocycles. The van der Waals surface area contributed by atoms with E-state index in [2.05, 4.69) is 17.5 Å². The van der Waals surface area contributed by atoms with Crippen molar-refractivity contribution in [3.8, 4) is 0 Å². The van der Waals surface area contributed by atoms with Gasteiger partial charge in [-0.05, 0) is 37.3 Å². The molecule has 1 unspecified atom stereocenters. The number of allylic oxidation sites excluding steroid dienone is 2. The second kappa shape index (κ2) is 6.52. The highest BCUT2D eigenvalue weighted by Gasteiger charge is 2.23. The van der Waals surface area contributed by atoms with Crippen molar-refractivity contribution in [2.24, 2.45) is 5.92 Å². The molecular formula is C14H15ClN2O3. The Morgan fingerprint density at radius 1 is 1.45 bits per heavy atom. The number of hydrogen-bond acceptors (Lipinski definition) is 3. The minimum Gasteiger partial charge on any atom is -0.352 e. The van der Waals surface area contributed by atoms with Gasteiger partial charge in [0.1, 0.15) is 10.6 Å². The number of nitro benzene ring substituents is 1. The van der Waals surface area contributed by atoms with Gasteiger partial charge in [0.05, 0.1) is 4.92 Å². The van der Waals surface area contributed by atoms with E-state index < -0.39 is 10.8 Å². The minimum atomic E-state index is -0.624. The summed E-state index contributed by atoms with van der Waals surface area (Å²) >= 11 is 5.79. The molecule has 0 saturated heterocycles. The van der Waals surface area contributed by atoms with Crippen molar-refractivity contribution in [1.82, 2.24) is 5.32 Å². The van der Waals surface area contributed by atoms with Crippen LogP contribution in [0.25, 0.3) is 0 Å². The minimum absolute atomic E-state index is 0.00820. The fourth-order valence-electron chi connectivity index (χ4n) is 2.26. The molecule has 20 heavy (non-hydrogen) atoms. The van der Waals surface area contributed by atoms with Crippen LogP contribution in [0.4, 0.5) is 5.69 Å². The van der Waals surface area contributed by atoms with Crippen LogP contribution >= 0.6 is 11.6 Å². The Hall–Kier alpha value is -1.88. The zero-order chi connectivity index (χ0) is 14.5. The first-order chi connectivity index (χ1) is 9.59. The van der Waals surface area contributed by atoms with Gasteiger partial charge in [-0.1, -0.05) is 29.8 Å². The average molecular weight is 295 g/mol. The van der Waals surface area contributed by atoms with E-state index in [-0.39, 0.29) is 16.3 Å². The molecule has 1 N–H and O–H groups in total. The number of carbonyl (C=O) groups excluding carboxylic acids is 1. The van der Waals surface area contributed by atoms with Crippen molar-refractivity contribution in [2.75, 3.05) is 6.54 Å². The van der Waals surface area contributed by atoms with Gasteiger partial charge in [0.2, 0.25) is 0 Å². The van der Waals surface area contributed by atoms with Gasteiger partial charge in [0, 0.05) is 6.54 Å². The number of amides is 1. The highest BCUT2D eigenvalue weighted by molar-refractivity contribution is 6.33. The van der Waals surface area contributed by atoms with Crippen LogP contribution in [0, 0.1) is 16.0 Å². The third-order valence-corrected chi connectivity index (χ3v) is 3.65. The van der Waals surface area contributed by atoms with Crippen molar-refractivity contribution in [2.45, 2.75) is 19.3 Å². The number of nitrogens with one attached hydrogen (secondary N) is 1. The molecule has 1 aliphatic rings. The van der Waals surface area contributed by atoms with Crippen molar-refractivity contribution in [3.05, 3.63) is 51.1 Å². The number of halogens is 1.